The minimum atomic E-state index is -0.756. The first kappa shape index (κ1) is 14.7. The minimum Gasteiger partial charge on any atom is -0.377 e. The number of carbonyl (C=O) groups is 2. The van der Waals surface area contributed by atoms with Crippen molar-refractivity contribution in [2.75, 3.05) is 24.7 Å². The fourth-order valence-electron chi connectivity index (χ4n) is 2.33. The Morgan fingerprint density at radius 3 is 2.79 bits per heavy atom. The highest BCUT2D eigenvalue weighted by Crippen LogP contribution is 2.19. The van der Waals surface area contributed by atoms with Crippen molar-refractivity contribution >= 4 is 23.7 Å². The number of thioether (sulfide) groups is 1. The lowest BCUT2D eigenvalue weighted by Crippen LogP contribution is -2.40. The summed E-state index contributed by atoms with van der Waals surface area (Å²) in [4.78, 5) is 24.9. The van der Waals surface area contributed by atoms with Crippen LogP contribution >= 0.6 is 11.8 Å². The Bertz CT molecular complexity index is 354. The van der Waals surface area contributed by atoms with Gasteiger partial charge in [0, 0.05) is 24.7 Å². The molecular weight excluding hydrogens is 264 g/mol. The van der Waals surface area contributed by atoms with Crippen molar-refractivity contribution in [3.63, 3.8) is 0 Å². The second kappa shape index (κ2) is 6.13. The summed E-state index contributed by atoms with van der Waals surface area (Å²) in [5.41, 5.74) is -0.756. The normalized spacial score (nSPS) is 26.6. The Morgan fingerprint density at radius 1 is 1.42 bits per heavy atom. The predicted molar refractivity (Wildman–Crippen MR) is 75.2 cm³/mol. The molecule has 1 N–H and O–H groups in total. The Hall–Kier alpha value is -0.750. The number of amides is 3. The van der Waals surface area contributed by atoms with Crippen LogP contribution in [-0.2, 0) is 9.53 Å². The molecule has 0 aromatic rings. The molecule has 0 saturated carbocycles. The van der Waals surface area contributed by atoms with Crippen molar-refractivity contribution in [3.05, 3.63) is 0 Å². The summed E-state index contributed by atoms with van der Waals surface area (Å²) in [6.07, 6.45) is 3.88. The van der Waals surface area contributed by atoms with E-state index in [0.717, 1.165) is 24.5 Å². The third-order valence-electron chi connectivity index (χ3n) is 3.48. The summed E-state index contributed by atoms with van der Waals surface area (Å²) in [5, 5.41) is 2.69. The predicted octanol–water partition coefficient (Wildman–Crippen LogP) is 1.62. The number of ether oxygens (including phenoxy) is 1. The number of nitrogens with zero attached hydrogens (tertiary/aromatic N) is 1. The highest BCUT2D eigenvalue weighted by Gasteiger charge is 2.43. The van der Waals surface area contributed by atoms with E-state index < -0.39 is 5.54 Å². The zero-order valence-corrected chi connectivity index (χ0v) is 12.4. The van der Waals surface area contributed by atoms with E-state index >= 15 is 0 Å². The fraction of sp³-hybridized carbons (Fsp3) is 0.846. The van der Waals surface area contributed by atoms with Crippen molar-refractivity contribution in [2.24, 2.45) is 0 Å². The lowest BCUT2D eigenvalue weighted by atomic mass is 10.1. The minimum absolute atomic E-state index is 0.132. The molecule has 2 aliphatic heterocycles. The van der Waals surface area contributed by atoms with E-state index in [1.165, 1.54) is 17.7 Å². The molecule has 2 rings (SSSR count). The Balaban J connectivity index is 1.68. The molecule has 2 fully saturated rings. The smallest absolute Gasteiger partial charge is 0.325 e. The molecule has 108 valence electrons. The summed E-state index contributed by atoms with van der Waals surface area (Å²) in [5.74, 6) is 1.59. The van der Waals surface area contributed by atoms with Crippen molar-refractivity contribution in [1.29, 1.82) is 0 Å². The molecule has 0 bridgehead atoms. The summed E-state index contributed by atoms with van der Waals surface area (Å²) in [6.45, 7) is 4.81. The van der Waals surface area contributed by atoms with E-state index in [9.17, 15) is 9.59 Å². The second-order valence-corrected chi connectivity index (χ2v) is 6.73. The molecular formula is C13H22N2O3S. The average Bonchev–Trinajstić information content (AvgIpc) is 2.57. The van der Waals surface area contributed by atoms with Gasteiger partial charge in [0.2, 0.25) is 0 Å². The van der Waals surface area contributed by atoms with E-state index in [1.807, 2.05) is 0 Å². The van der Waals surface area contributed by atoms with Crippen molar-refractivity contribution in [1.82, 2.24) is 10.2 Å². The van der Waals surface area contributed by atoms with Crippen molar-refractivity contribution < 1.29 is 14.3 Å². The Labute approximate surface area is 118 Å². The highest BCUT2D eigenvalue weighted by molar-refractivity contribution is 7.99. The summed E-state index contributed by atoms with van der Waals surface area (Å²) in [6, 6.07) is -0.274. The molecule has 2 saturated heterocycles. The van der Waals surface area contributed by atoms with Crippen LogP contribution < -0.4 is 5.32 Å². The molecule has 0 spiro atoms. The highest BCUT2D eigenvalue weighted by atomic mass is 32.2. The molecule has 0 radical (unpaired) electrons. The van der Waals surface area contributed by atoms with E-state index in [0.29, 0.717) is 12.6 Å². The molecule has 1 atom stereocenters. The standard InChI is InChI=1S/C13H22N2O3S/c1-13(2)11(16)15(12(17)14-13)6-8-19-9-10-5-3-4-7-18-10/h10H,3-9H2,1-2H3,(H,14,17). The Morgan fingerprint density at radius 2 is 2.21 bits per heavy atom. The third-order valence-corrected chi connectivity index (χ3v) is 4.56. The molecule has 0 aliphatic carbocycles. The van der Waals surface area contributed by atoms with Gasteiger partial charge in [-0.1, -0.05) is 0 Å². The number of hydrogen-bond donors (Lipinski definition) is 1. The number of nitrogens with one attached hydrogen (secondary N) is 1. The average molecular weight is 286 g/mol. The molecule has 1 unspecified atom stereocenters. The second-order valence-electron chi connectivity index (χ2n) is 5.58. The van der Waals surface area contributed by atoms with Crippen LogP contribution in [0.5, 0.6) is 0 Å². The summed E-state index contributed by atoms with van der Waals surface area (Å²) >= 11 is 1.75. The topological polar surface area (TPSA) is 58.6 Å². The lowest BCUT2D eigenvalue weighted by Gasteiger charge is -2.22. The van der Waals surface area contributed by atoms with Crippen LogP contribution in [0.25, 0.3) is 0 Å². The van der Waals surface area contributed by atoms with Crippen molar-refractivity contribution in [2.45, 2.75) is 44.8 Å². The van der Waals surface area contributed by atoms with Gasteiger partial charge in [-0.05, 0) is 33.1 Å². The molecule has 0 aromatic carbocycles. The molecule has 19 heavy (non-hydrogen) atoms. The maximum atomic E-state index is 11.9. The zero-order valence-electron chi connectivity index (χ0n) is 11.6. The Kier molecular flexibility index (Phi) is 4.73. The van der Waals surface area contributed by atoms with Gasteiger partial charge in [0.25, 0.3) is 5.91 Å². The molecule has 2 aliphatic rings. The van der Waals surface area contributed by atoms with Crippen LogP contribution in [0.1, 0.15) is 33.1 Å². The van der Waals surface area contributed by atoms with Gasteiger partial charge in [-0.25, -0.2) is 4.79 Å². The summed E-state index contributed by atoms with van der Waals surface area (Å²) < 4.78 is 5.64. The first-order valence-corrected chi connectivity index (χ1v) is 7.99. The van der Waals surface area contributed by atoms with Crippen LogP contribution in [0, 0.1) is 0 Å². The van der Waals surface area contributed by atoms with E-state index in [2.05, 4.69) is 5.32 Å². The molecule has 0 aromatic heterocycles. The van der Waals surface area contributed by atoms with Gasteiger partial charge in [-0.15, -0.1) is 0 Å². The van der Waals surface area contributed by atoms with E-state index in [4.69, 9.17) is 4.74 Å². The molecule has 2 heterocycles. The van der Waals surface area contributed by atoms with Gasteiger partial charge in [-0.3, -0.25) is 9.69 Å². The van der Waals surface area contributed by atoms with Crippen LogP contribution in [0.15, 0.2) is 0 Å². The van der Waals surface area contributed by atoms with Gasteiger partial charge in [0.1, 0.15) is 5.54 Å². The van der Waals surface area contributed by atoms with Gasteiger partial charge in [0.15, 0.2) is 0 Å². The largest absolute Gasteiger partial charge is 0.377 e. The van der Waals surface area contributed by atoms with Gasteiger partial charge in [-0.2, -0.15) is 11.8 Å². The van der Waals surface area contributed by atoms with E-state index in [1.54, 1.807) is 25.6 Å². The monoisotopic (exact) mass is 286 g/mol. The SMILES string of the molecule is CC1(C)NC(=O)N(CCSCC2CCCCO2)C1=O. The summed E-state index contributed by atoms with van der Waals surface area (Å²) in [7, 11) is 0. The molecule has 6 heteroatoms. The van der Waals surface area contributed by atoms with Crippen LogP contribution in [0.2, 0.25) is 0 Å². The van der Waals surface area contributed by atoms with Gasteiger partial charge >= 0.3 is 6.03 Å². The maximum Gasteiger partial charge on any atom is 0.325 e. The third kappa shape index (κ3) is 3.63. The lowest BCUT2D eigenvalue weighted by molar-refractivity contribution is -0.130. The number of urea groups is 1. The fourth-order valence-corrected chi connectivity index (χ4v) is 3.33. The van der Waals surface area contributed by atoms with Crippen LogP contribution in [0.3, 0.4) is 0 Å². The zero-order chi connectivity index (χ0) is 13.9. The molecule has 3 amide bonds. The van der Waals surface area contributed by atoms with Crippen LogP contribution in [-0.4, -0.2) is 53.1 Å². The first-order valence-electron chi connectivity index (χ1n) is 6.84. The van der Waals surface area contributed by atoms with Gasteiger partial charge in [0.05, 0.1) is 6.10 Å². The first-order chi connectivity index (χ1) is 9.00. The quantitative estimate of drug-likeness (QED) is 0.616. The number of carbonyl (C=O) groups excluding carboxylic acids is 2. The van der Waals surface area contributed by atoms with Crippen molar-refractivity contribution in [3.8, 4) is 0 Å². The van der Waals surface area contributed by atoms with Gasteiger partial charge < -0.3 is 10.1 Å². The number of rotatable bonds is 5. The van der Waals surface area contributed by atoms with E-state index in [-0.39, 0.29) is 11.9 Å². The number of hydrogen-bond acceptors (Lipinski definition) is 4. The maximum absolute atomic E-state index is 11.9. The molecule has 5 nitrogen and oxygen atoms in total. The number of imide groups is 1. The van der Waals surface area contributed by atoms with Crippen LogP contribution in [0.4, 0.5) is 4.79 Å².